The van der Waals surface area contributed by atoms with Gasteiger partial charge in [0, 0.05) is 17.5 Å². The Labute approximate surface area is 246 Å². The van der Waals surface area contributed by atoms with Crippen LogP contribution >= 0.6 is 0 Å². The number of carbonyl (C=O) groups excluding carboxylic acids is 4. The van der Waals surface area contributed by atoms with Crippen molar-refractivity contribution in [2.24, 2.45) is 0 Å². The number of furan rings is 1. The molecule has 0 fully saturated rings. The number of fused-ring (bicyclic) bond motifs is 1. The maximum absolute atomic E-state index is 13.0. The third-order valence-electron chi connectivity index (χ3n) is 6.26. The minimum atomic E-state index is -1.33. The van der Waals surface area contributed by atoms with Crippen LogP contribution in [0.2, 0.25) is 0 Å². The van der Waals surface area contributed by atoms with Gasteiger partial charge < -0.3 is 29.2 Å². The zero-order valence-corrected chi connectivity index (χ0v) is 23.1. The second-order valence-electron chi connectivity index (χ2n) is 9.43. The first-order chi connectivity index (χ1) is 20.7. The number of carbonyl (C=O) groups is 5. The molecule has 3 aromatic carbocycles. The number of carboxylic acid groups (broad SMARTS) is 1. The highest BCUT2D eigenvalue weighted by atomic mass is 16.5. The number of nitrogens with zero attached hydrogens (tertiary/aromatic N) is 1. The van der Waals surface area contributed by atoms with Crippen molar-refractivity contribution in [2.45, 2.75) is 19.1 Å². The molecular formula is C31H29N3O9. The van der Waals surface area contributed by atoms with Crippen LogP contribution in [0.3, 0.4) is 0 Å². The highest BCUT2D eigenvalue weighted by molar-refractivity contribution is 5.99. The summed E-state index contributed by atoms with van der Waals surface area (Å²) in [5, 5.41) is 15.1. The molecular weight excluding hydrogens is 558 g/mol. The Kier molecular flexibility index (Phi) is 10.1. The number of anilines is 1. The molecule has 1 atom stereocenters. The molecule has 4 aromatic rings. The number of esters is 1. The van der Waals surface area contributed by atoms with Crippen LogP contribution < -0.4 is 10.6 Å². The SMILES string of the molecule is COC(=O)[C@H](Cc1ccc(NC(=O)OCc2ccccc2)cc1)NC(=O)CN(CC(=O)O)C(=O)c1cc2ccccc2o1. The van der Waals surface area contributed by atoms with Crippen LogP contribution in [0.15, 0.2) is 89.3 Å². The average molecular weight is 588 g/mol. The van der Waals surface area contributed by atoms with Crippen LogP contribution in [-0.2, 0) is 36.9 Å². The molecule has 222 valence electrons. The van der Waals surface area contributed by atoms with E-state index in [0.29, 0.717) is 22.2 Å². The number of aliphatic carboxylic acids is 1. The van der Waals surface area contributed by atoms with E-state index in [1.165, 1.54) is 6.07 Å². The maximum Gasteiger partial charge on any atom is 0.411 e. The molecule has 3 amide bonds. The van der Waals surface area contributed by atoms with Gasteiger partial charge in [-0.25, -0.2) is 9.59 Å². The molecule has 0 aliphatic rings. The molecule has 43 heavy (non-hydrogen) atoms. The first-order valence-electron chi connectivity index (χ1n) is 13.2. The molecule has 0 unspecified atom stereocenters. The Morgan fingerprint density at radius 1 is 0.884 bits per heavy atom. The number of carboxylic acids is 1. The standard InChI is InChI=1S/C31H29N3O9/c1-41-30(39)24(15-20-11-13-23(14-12-20)32-31(40)42-19-21-7-3-2-4-8-21)33-27(35)17-34(18-28(36)37)29(38)26-16-22-9-5-6-10-25(22)43-26/h2-14,16,24H,15,17-19H2,1H3,(H,32,40)(H,33,35)(H,36,37)/t24-/m0/s1. The minimum Gasteiger partial charge on any atom is -0.480 e. The van der Waals surface area contributed by atoms with Gasteiger partial charge in [0.25, 0.3) is 5.91 Å². The molecule has 0 bridgehead atoms. The second kappa shape index (κ2) is 14.3. The molecule has 12 heteroatoms. The number of nitrogens with one attached hydrogen (secondary N) is 2. The van der Waals surface area contributed by atoms with E-state index < -0.39 is 49.0 Å². The molecule has 12 nitrogen and oxygen atoms in total. The minimum absolute atomic E-state index is 0.0214. The monoisotopic (exact) mass is 587 g/mol. The summed E-state index contributed by atoms with van der Waals surface area (Å²) in [4.78, 5) is 62.8. The first-order valence-corrected chi connectivity index (χ1v) is 13.2. The van der Waals surface area contributed by atoms with Gasteiger partial charge in [-0.05, 0) is 35.4 Å². The van der Waals surface area contributed by atoms with Crippen LogP contribution in [-0.4, -0.2) is 66.1 Å². The fourth-order valence-corrected chi connectivity index (χ4v) is 4.19. The zero-order chi connectivity index (χ0) is 30.8. The molecule has 0 aliphatic carbocycles. The Balaban J connectivity index is 1.36. The Morgan fingerprint density at radius 2 is 1.58 bits per heavy atom. The van der Waals surface area contributed by atoms with Crippen LogP contribution in [0, 0.1) is 0 Å². The topological polar surface area (TPSA) is 164 Å². The van der Waals surface area contributed by atoms with Crippen LogP contribution in [0.5, 0.6) is 0 Å². The van der Waals surface area contributed by atoms with Crippen molar-refractivity contribution in [2.75, 3.05) is 25.5 Å². The van der Waals surface area contributed by atoms with Crippen molar-refractivity contribution in [1.82, 2.24) is 10.2 Å². The van der Waals surface area contributed by atoms with Gasteiger partial charge in [-0.1, -0.05) is 60.7 Å². The van der Waals surface area contributed by atoms with Gasteiger partial charge in [-0.15, -0.1) is 0 Å². The fraction of sp³-hybridized carbons (Fsp3) is 0.194. The van der Waals surface area contributed by atoms with Gasteiger partial charge >= 0.3 is 18.0 Å². The molecule has 1 aromatic heterocycles. The predicted octanol–water partition coefficient (Wildman–Crippen LogP) is 3.61. The number of ether oxygens (including phenoxy) is 2. The number of rotatable bonds is 12. The molecule has 4 rings (SSSR count). The zero-order valence-electron chi connectivity index (χ0n) is 23.1. The van der Waals surface area contributed by atoms with Crippen molar-refractivity contribution in [3.8, 4) is 0 Å². The lowest BCUT2D eigenvalue weighted by Crippen LogP contribution is -2.49. The van der Waals surface area contributed by atoms with Gasteiger partial charge in [-0.2, -0.15) is 0 Å². The number of hydrogen-bond acceptors (Lipinski definition) is 8. The summed E-state index contributed by atoms with van der Waals surface area (Å²) in [6.07, 6.45) is -0.618. The van der Waals surface area contributed by atoms with E-state index in [1.807, 2.05) is 30.3 Å². The van der Waals surface area contributed by atoms with Crippen LogP contribution in [0.1, 0.15) is 21.7 Å². The van der Waals surface area contributed by atoms with E-state index in [0.717, 1.165) is 17.6 Å². The van der Waals surface area contributed by atoms with Gasteiger partial charge in [-0.3, -0.25) is 19.7 Å². The normalized spacial score (nSPS) is 11.3. The highest BCUT2D eigenvalue weighted by Crippen LogP contribution is 2.20. The van der Waals surface area contributed by atoms with Gasteiger partial charge in [0.2, 0.25) is 5.91 Å². The summed E-state index contributed by atoms with van der Waals surface area (Å²) >= 11 is 0. The molecule has 0 aliphatic heterocycles. The summed E-state index contributed by atoms with van der Waals surface area (Å²) in [5.41, 5.74) is 2.35. The van der Waals surface area contributed by atoms with Gasteiger partial charge in [0.1, 0.15) is 31.3 Å². The van der Waals surface area contributed by atoms with E-state index >= 15 is 0 Å². The van der Waals surface area contributed by atoms with Crippen molar-refractivity contribution < 1.29 is 43.0 Å². The lowest BCUT2D eigenvalue weighted by molar-refractivity contribution is -0.145. The number of methoxy groups -OCH3 is 1. The van der Waals surface area contributed by atoms with Gasteiger partial charge in [0.05, 0.1) is 7.11 Å². The van der Waals surface area contributed by atoms with E-state index in [4.69, 9.17) is 13.9 Å². The third kappa shape index (κ3) is 8.67. The predicted molar refractivity (Wildman–Crippen MR) is 154 cm³/mol. The number of hydrogen-bond donors (Lipinski definition) is 3. The second-order valence-corrected chi connectivity index (χ2v) is 9.43. The first kappa shape index (κ1) is 30.3. The Hall–Kier alpha value is -5.65. The summed E-state index contributed by atoms with van der Waals surface area (Å²) in [6, 6.07) is 22.9. The number of amides is 3. The number of para-hydroxylation sites is 1. The number of benzene rings is 3. The summed E-state index contributed by atoms with van der Waals surface area (Å²) in [5.74, 6) is -3.78. The van der Waals surface area contributed by atoms with E-state index in [-0.39, 0.29) is 18.8 Å². The highest BCUT2D eigenvalue weighted by Gasteiger charge is 2.27. The van der Waals surface area contributed by atoms with E-state index in [1.54, 1.807) is 48.5 Å². The van der Waals surface area contributed by atoms with Crippen LogP contribution in [0.25, 0.3) is 11.0 Å². The molecule has 0 saturated heterocycles. The van der Waals surface area contributed by atoms with Gasteiger partial charge in [0.15, 0.2) is 5.76 Å². The van der Waals surface area contributed by atoms with Crippen molar-refractivity contribution in [1.29, 1.82) is 0 Å². The average Bonchev–Trinajstić information content (AvgIpc) is 3.44. The summed E-state index contributed by atoms with van der Waals surface area (Å²) in [6.45, 7) is -1.31. The Bertz CT molecular complexity index is 1570. The smallest absolute Gasteiger partial charge is 0.411 e. The van der Waals surface area contributed by atoms with E-state index in [2.05, 4.69) is 10.6 Å². The maximum atomic E-state index is 13.0. The third-order valence-corrected chi connectivity index (χ3v) is 6.26. The molecule has 1 heterocycles. The van der Waals surface area contributed by atoms with Crippen molar-refractivity contribution in [3.05, 3.63) is 102 Å². The lowest BCUT2D eigenvalue weighted by atomic mass is 10.1. The quantitative estimate of drug-likeness (QED) is 0.210. The molecule has 3 N–H and O–H groups in total. The largest absolute Gasteiger partial charge is 0.480 e. The molecule has 0 radical (unpaired) electrons. The van der Waals surface area contributed by atoms with Crippen molar-refractivity contribution in [3.63, 3.8) is 0 Å². The van der Waals surface area contributed by atoms with Crippen LogP contribution in [0.4, 0.5) is 10.5 Å². The molecule has 0 saturated carbocycles. The Morgan fingerprint density at radius 3 is 2.26 bits per heavy atom. The summed E-state index contributed by atoms with van der Waals surface area (Å²) < 4.78 is 15.6. The summed E-state index contributed by atoms with van der Waals surface area (Å²) in [7, 11) is 1.16. The fourth-order valence-electron chi connectivity index (χ4n) is 4.19. The molecule has 0 spiro atoms. The van der Waals surface area contributed by atoms with E-state index in [9.17, 15) is 29.1 Å². The van der Waals surface area contributed by atoms with Crippen molar-refractivity contribution >= 4 is 46.5 Å². The lowest BCUT2D eigenvalue weighted by Gasteiger charge is -2.22.